The minimum Gasteiger partial charge on any atom is -0.362 e. The van der Waals surface area contributed by atoms with Gasteiger partial charge in [-0.25, -0.2) is 0 Å². The lowest BCUT2D eigenvalue weighted by atomic mass is 10.3. The van der Waals surface area contributed by atoms with Gasteiger partial charge in [0.2, 0.25) is 0 Å². The van der Waals surface area contributed by atoms with E-state index >= 15 is 0 Å². The molecule has 1 unspecified atom stereocenters. The number of hydrogen-bond donors (Lipinski definition) is 1. The van der Waals surface area contributed by atoms with Gasteiger partial charge in [0.15, 0.2) is 0 Å². The fraction of sp³-hybridized carbons (Fsp3) is 0.800. The molecule has 1 atom stereocenters. The van der Waals surface area contributed by atoms with Crippen LogP contribution in [0.4, 0.5) is 0 Å². The fourth-order valence-electron chi connectivity index (χ4n) is 1.10. The van der Waals surface area contributed by atoms with Gasteiger partial charge < -0.3 is 19.2 Å². The van der Waals surface area contributed by atoms with Crippen LogP contribution in [-0.4, -0.2) is 48.7 Å². The van der Waals surface area contributed by atoms with E-state index in [0.29, 0.717) is 0 Å². The minimum atomic E-state index is -3.15. The third-order valence-corrected chi connectivity index (χ3v) is 2.75. The zero-order chi connectivity index (χ0) is 12.6. The number of nitrogens with zero attached hydrogens (tertiary/aromatic N) is 2. The van der Waals surface area contributed by atoms with Crippen molar-refractivity contribution >= 4 is 7.60 Å². The monoisotopic (exact) mass is 250 g/mol. The summed E-state index contributed by atoms with van der Waals surface area (Å²) in [6, 6.07) is 0. The first kappa shape index (κ1) is 15.5. The molecule has 1 N–H and O–H groups in total. The first-order chi connectivity index (χ1) is 7.39. The molecule has 0 aliphatic carbocycles. The number of unbranched alkanes of at least 4 members (excludes halogenated alkanes) is 1. The highest BCUT2D eigenvalue weighted by Gasteiger charge is 2.05. The summed E-state index contributed by atoms with van der Waals surface area (Å²) in [5.74, 6) is 0. The molecule has 0 radical (unpaired) electrons. The first-order valence-corrected chi connectivity index (χ1v) is 7.40. The third kappa shape index (κ3) is 8.77. The molecule has 1 aliphatic rings. The molecule has 0 aromatic heterocycles. The van der Waals surface area contributed by atoms with Gasteiger partial charge in [0.1, 0.15) is 0 Å². The van der Waals surface area contributed by atoms with Gasteiger partial charge in [-0.1, -0.05) is 13.3 Å². The average molecular weight is 250 g/mol. The molecule has 6 heteroatoms. The van der Waals surface area contributed by atoms with Crippen molar-refractivity contribution in [3.05, 3.63) is 12.4 Å². The normalized spacial score (nSPS) is 18.1. The Hall–Kier alpha value is -0.510. The Labute approximate surface area is 98.2 Å². The molecule has 0 aromatic rings. The van der Waals surface area contributed by atoms with Crippen LogP contribution < -0.4 is 0 Å². The van der Waals surface area contributed by atoms with Gasteiger partial charge in [0, 0.05) is 39.8 Å². The largest absolute Gasteiger partial charge is 0.362 e. The molecular weight excluding hydrogens is 227 g/mol. The molecule has 0 spiro atoms. The molecule has 0 saturated carbocycles. The van der Waals surface area contributed by atoms with Crippen LogP contribution in [0.15, 0.2) is 12.4 Å². The van der Waals surface area contributed by atoms with Crippen molar-refractivity contribution in [2.24, 2.45) is 0 Å². The van der Waals surface area contributed by atoms with Crippen LogP contribution in [0.25, 0.3) is 0 Å². The van der Waals surface area contributed by atoms with Crippen molar-refractivity contribution in [3.63, 3.8) is 0 Å². The van der Waals surface area contributed by atoms with E-state index in [-0.39, 0.29) is 0 Å². The Balaban J connectivity index is 0.000000325. The van der Waals surface area contributed by atoms with Gasteiger partial charge in [-0.2, -0.15) is 0 Å². The quantitative estimate of drug-likeness (QED) is 0.772. The number of hydrogen-bond acceptors (Lipinski definition) is 4. The van der Waals surface area contributed by atoms with E-state index in [9.17, 15) is 4.57 Å². The van der Waals surface area contributed by atoms with E-state index < -0.39 is 7.60 Å². The van der Waals surface area contributed by atoms with E-state index in [4.69, 9.17) is 4.89 Å². The molecule has 1 rings (SSSR count). The van der Waals surface area contributed by atoms with Gasteiger partial charge in [0.05, 0.1) is 6.67 Å². The molecule has 0 bridgehead atoms. The Bertz CT molecular complexity index is 252. The van der Waals surface area contributed by atoms with Crippen molar-refractivity contribution in [2.75, 3.05) is 34.0 Å². The molecule has 0 amide bonds. The van der Waals surface area contributed by atoms with Crippen LogP contribution in [0.5, 0.6) is 0 Å². The maximum atomic E-state index is 9.92. The summed E-state index contributed by atoms with van der Waals surface area (Å²) in [5, 5.41) is 0. The summed E-state index contributed by atoms with van der Waals surface area (Å²) in [5.41, 5.74) is 0. The second kappa shape index (κ2) is 7.71. The van der Waals surface area contributed by atoms with Crippen molar-refractivity contribution in [2.45, 2.75) is 19.8 Å². The molecule has 0 fully saturated rings. The molecule has 96 valence electrons. The maximum Gasteiger partial charge on any atom is 0.324 e. The van der Waals surface area contributed by atoms with Crippen LogP contribution in [0, 0.1) is 0 Å². The van der Waals surface area contributed by atoms with Crippen LogP contribution in [0.3, 0.4) is 0 Å². The summed E-state index contributed by atoms with van der Waals surface area (Å²) in [7, 11) is 0.148. The standard InChI is InChI=1S/C8H16N2.C2H7O3P/c1-3-4-5-10-7-6-9(2)8-10;1-5-6(2,3)4/h6-7H,3-5,8H2,1-2H3;1-2H3,(H,3,4). The molecule has 16 heavy (non-hydrogen) atoms. The lowest BCUT2D eigenvalue weighted by molar-refractivity contribution is 0.293. The SMILES string of the molecule is CCCCN1C=CN(C)C1.COP(C)(=O)O. The van der Waals surface area contributed by atoms with Gasteiger partial charge in [0.25, 0.3) is 0 Å². The van der Waals surface area contributed by atoms with Gasteiger partial charge in [-0.15, -0.1) is 0 Å². The smallest absolute Gasteiger partial charge is 0.324 e. The van der Waals surface area contributed by atoms with E-state index in [0.717, 1.165) is 13.3 Å². The van der Waals surface area contributed by atoms with Crippen molar-refractivity contribution in [1.29, 1.82) is 0 Å². The van der Waals surface area contributed by atoms with E-state index in [2.05, 4.69) is 40.7 Å². The van der Waals surface area contributed by atoms with Crippen LogP contribution in [0.1, 0.15) is 19.8 Å². The summed E-state index contributed by atoms with van der Waals surface area (Å²) in [6.07, 6.45) is 6.87. The van der Waals surface area contributed by atoms with Gasteiger partial charge in [-0.05, 0) is 6.42 Å². The second-order valence-corrected chi connectivity index (χ2v) is 5.82. The van der Waals surface area contributed by atoms with Gasteiger partial charge in [-0.3, -0.25) is 4.57 Å². The van der Waals surface area contributed by atoms with E-state index in [1.54, 1.807) is 0 Å². The minimum absolute atomic E-state index is 1.07. The average Bonchev–Trinajstić information content (AvgIpc) is 2.61. The first-order valence-electron chi connectivity index (χ1n) is 5.37. The Morgan fingerprint density at radius 3 is 2.38 bits per heavy atom. The molecule has 0 aromatic carbocycles. The Morgan fingerprint density at radius 1 is 1.50 bits per heavy atom. The van der Waals surface area contributed by atoms with E-state index in [1.165, 1.54) is 26.5 Å². The van der Waals surface area contributed by atoms with Crippen LogP contribution >= 0.6 is 7.60 Å². The zero-order valence-corrected chi connectivity index (χ0v) is 11.5. The van der Waals surface area contributed by atoms with Crippen LogP contribution in [-0.2, 0) is 9.09 Å². The summed E-state index contributed by atoms with van der Waals surface area (Å²) >= 11 is 0. The molecule has 0 saturated heterocycles. The van der Waals surface area contributed by atoms with Gasteiger partial charge >= 0.3 is 7.60 Å². The Morgan fingerprint density at radius 2 is 2.06 bits per heavy atom. The second-order valence-electron chi connectivity index (χ2n) is 3.85. The zero-order valence-electron chi connectivity index (χ0n) is 10.6. The number of rotatable bonds is 4. The van der Waals surface area contributed by atoms with Crippen LogP contribution in [0.2, 0.25) is 0 Å². The van der Waals surface area contributed by atoms with Crippen molar-refractivity contribution in [1.82, 2.24) is 9.80 Å². The lowest BCUT2D eigenvalue weighted by Gasteiger charge is -2.17. The molecular formula is C10H23N2O3P. The molecule has 1 heterocycles. The van der Waals surface area contributed by atoms with Crippen molar-refractivity contribution in [3.8, 4) is 0 Å². The predicted octanol–water partition coefficient (Wildman–Crippen LogP) is 1.91. The highest BCUT2D eigenvalue weighted by Crippen LogP contribution is 2.34. The topological polar surface area (TPSA) is 53.0 Å². The Kier molecular flexibility index (Phi) is 7.47. The summed E-state index contributed by atoms with van der Waals surface area (Å²) < 4.78 is 14.0. The summed E-state index contributed by atoms with van der Waals surface area (Å²) in [4.78, 5) is 12.7. The highest BCUT2D eigenvalue weighted by atomic mass is 31.2. The predicted molar refractivity (Wildman–Crippen MR) is 66.1 cm³/mol. The molecule has 1 aliphatic heterocycles. The van der Waals surface area contributed by atoms with E-state index in [1.807, 2.05) is 0 Å². The third-order valence-electron chi connectivity index (χ3n) is 2.07. The lowest BCUT2D eigenvalue weighted by Crippen LogP contribution is -2.23. The molecule has 5 nitrogen and oxygen atoms in total. The fourth-order valence-corrected chi connectivity index (χ4v) is 1.10. The summed E-state index contributed by atoms with van der Waals surface area (Å²) in [6.45, 7) is 5.63. The highest BCUT2D eigenvalue weighted by molar-refractivity contribution is 7.51. The van der Waals surface area contributed by atoms with Crippen molar-refractivity contribution < 1.29 is 14.0 Å². The maximum absolute atomic E-state index is 9.92.